The number of carbonyl (C=O) groups excluding carboxylic acids is 1. The van der Waals surface area contributed by atoms with E-state index in [1.165, 1.54) is 23.9 Å². The summed E-state index contributed by atoms with van der Waals surface area (Å²) in [4.78, 5) is 13.9. The molecule has 108 valence electrons. The van der Waals surface area contributed by atoms with E-state index in [1.54, 1.807) is 23.1 Å². The molecule has 3 rings (SSSR count). The number of aryl methyl sites for hydroxylation is 1. The maximum Gasteiger partial charge on any atom is 0.238 e. The van der Waals surface area contributed by atoms with Crippen LogP contribution in [-0.2, 0) is 4.79 Å². The van der Waals surface area contributed by atoms with Crippen LogP contribution >= 0.6 is 23.4 Å². The Morgan fingerprint density at radius 2 is 1.95 bits per heavy atom. The Labute approximate surface area is 131 Å². The van der Waals surface area contributed by atoms with E-state index in [9.17, 15) is 9.18 Å². The van der Waals surface area contributed by atoms with Crippen molar-refractivity contribution in [1.29, 1.82) is 0 Å². The molecule has 1 saturated heterocycles. The summed E-state index contributed by atoms with van der Waals surface area (Å²) in [6.07, 6.45) is 0. The molecule has 1 fully saturated rings. The third-order valence-electron chi connectivity index (χ3n) is 3.45. The zero-order chi connectivity index (χ0) is 15.0. The van der Waals surface area contributed by atoms with Crippen LogP contribution < -0.4 is 4.90 Å². The second kappa shape index (κ2) is 5.70. The lowest BCUT2D eigenvalue weighted by atomic mass is 10.1. The third-order valence-corrected chi connectivity index (χ3v) is 4.92. The summed E-state index contributed by atoms with van der Waals surface area (Å²) in [5.41, 5.74) is 2.50. The Kier molecular flexibility index (Phi) is 3.91. The molecule has 2 aromatic rings. The van der Waals surface area contributed by atoms with Crippen LogP contribution in [-0.4, -0.2) is 11.7 Å². The summed E-state index contributed by atoms with van der Waals surface area (Å²) < 4.78 is 13.5. The minimum atomic E-state index is -0.338. The van der Waals surface area contributed by atoms with E-state index in [2.05, 4.69) is 0 Å². The number of carbonyl (C=O) groups is 1. The average molecular weight is 322 g/mol. The third kappa shape index (κ3) is 2.78. The zero-order valence-electron chi connectivity index (χ0n) is 11.3. The Morgan fingerprint density at radius 3 is 2.67 bits per heavy atom. The first-order valence-electron chi connectivity index (χ1n) is 6.51. The molecule has 0 unspecified atom stereocenters. The molecule has 1 atom stereocenters. The quantitative estimate of drug-likeness (QED) is 0.807. The Bertz CT molecular complexity index is 689. The highest BCUT2D eigenvalue weighted by atomic mass is 35.5. The maximum absolute atomic E-state index is 13.5. The van der Waals surface area contributed by atoms with E-state index >= 15 is 0 Å². The van der Waals surface area contributed by atoms with Gasteiger partial charge in [0.05, 0.1) is 11.4 Å². The predicted octanol–water partition coefficient (Wildman–Crippen LogP) is 4.57. The summed E-state index contributed by atoms with van der Waals surface area (Å²) in [5, 5.41) is 0.511. The van der Waals surface area contributed by atoms with Gasteiger partial charge < -0.3 is 0 Å². The van der Waals surface area contributed by atoms with Crippen LogP contribution in [0.15, 0.2) is 42.5 Å². The van der Waals surface area contributed by atoms with Gasteiger partial charge in [-0.3, -0.25) is 9.69 Å². The van der Waals surface area contributed by atoms with Crippen molar-refractivity contribution in [3.05, 3.63) is 64.4 Å². The lowest BCUT2D eigenvalue weighted by molar-refractivity contribution is -0.115. The summed E-state index contributed by atoms with van der Waals surface area (Å²) in [6.45, 7) is 1.88. The fourth-order valence-electron chi connectivity index (χ4n) is 2.40. The highest BCUT2D eigenvalue weighted by Gasteiger charge is 2.34. The van der Waals surface area contributed by atoms with Crippen molar-refractivity contribution >= 4 is 35.0 Å². The van der Waals surface area contributed by atoms with Gasteiger partial charge in [0.1, 0.15) is 11.2 Å². The van der Waals surface area contributed by atoms with Crippen LogP contribution in [0.2, 0.25) is 5.02 Å². The van der Waals surface area contributed by atoms with Gasteiger partial charge in [0.15, 0.2) is 0 Å². The Balaban J connectivity index is 2.03. The number of halogens is 2. The first kappa shape index (κ1) is 14.4. The minimum Gasteiger partial charge on any atom is -0.295 e. The first-order valence-corrected chi connectivity index (χ1v) is 7.94. The van der Waals surface area contributed by atoms with E-state index in [1.807, 2.05) is 19.1 Å². The number of anilines is 1. The molecular weight excluding hydrogens is 309 g/mol. The molecule has 0 radical (unpaired) electrons. The van der Waals surface area contributed by atoms with Gasteiger partial charge in [-0.1, -0.05) is 29.8 Å². The normalized spacial score (nSPS) is 18.3. The highest BCUT2D eigenvalue weighted by Crippen LogP contribution is 2.43. The van der Waals surface area contributed by atoms with Gasteiger partial charge in [0, 0.05) is 5.02 Å². The SMILES string of the molecule is Cc1ccc(F)cc1N1C(=O)CS[C@H]1c1ccc(Cl)cc1. The first-order chi connectivity index (χ1) is 10.1. The molecule has 0 aliphatic carbocycles. The second-order valence-corrected chi connectivity index (χ2v) is 6.41. The van der Waals surface area contributed by atoms with Gasteiger partial charge in [-0.15, -0.1) is 11.8 Å². The Hall–Kier alpha value is -1.52. The van der Waals surface area contributed by atoms with Crippen LogP contribution in [0.1, 0.15) is 16.5 Å². The largest absolute Gasteiger partial charge is 0.295 e. The number of hydrogen-bond acceptors (Lipinski definition) is 2. The minimum absolute atomic E-state index is 0.00588. The van der Waals surface area contributed by atoms with Crippen LogP contribution in [0.4, 0.5) is 10.1 Å². The van der Waals surface area contributed by atoms with Gasteiger partial charge in [0.2, 0.25) is 5.91 Å². The number of benzene rings is 2. The van der Waals surface area contributed by atoms with Crippen LogP contribution in [0.25, 0.3) is 0 Å². The van der Waals surface area contributed by atoms with E-state index in [0.29, 0.717) is 16.5 Å². The number of amides is 1. The molecule has 1 aliphatic rings. The molecule has 1 heterocycles. The molecular formula is C16H13ClFNOS. The molecule has 0 bridgehead atoms. The van der Waals surface area contributed by atoms with Crippen LogP contribution in [0, 0.1) is 12.7 Å². The van der Waals surface area contributed by atoms with Crippen molar-refractivity contribution in [3.63, 3.8) is 0 Å². The predicted molar refractivity (Wildman–Crippen MR) is 85.3 cm³/mol. The van der Waals surface area contributed by atoms with Crippen molar-refractivity contribution < 1.29 is 9.18 Å². The van der Waals surface area contributed by atoms with Crippen LogP contribution in [0.3, 0.4) is 0 Å². The number of rotatable bonds is 2. The molecule has 2 aromatic carbocycles. The maximum atomic E-state index is 13.5. The van der Waals surface area contributed by atoms with Gasteiger partial charge >= 0.3 is 0 Å². The highest BCUT2D eigenvalue weighted by molar-refractivity contribution is 8.00. The number of hydrogen-bond donors (Lipinski definition) is 0. The molecule has 0 spiro atoms. The molecule has 1 amide bonds. The molecule has 0 N–H and O–H groups in total. The summed E-state index contributed by atoms with van der Waals surface area (Å²) in [6, 6.07) is 11.9. The van der Waals surface area contributed by atoms with Crippen molar-refractivity contribution in [1.82, 2.24) is 0 Å². The van der Waals surface area contributed by atoms with Crippen molar-refractivity contribution in [2.45, 2.75) is 12.3 Å². The fourth-order valence-corrected chi connectivity index (χ4v) is 3.70. The topological polar surface area (TPSA) is 20.3 Å². The number of thioether (sulfide) groups is 1. The van der Waals surface area contributed by atoms with Gasteiger partial charge in [-0.2, -0.15) is 0 Å². The molecule has 5 heteroatoms. The van der Waals surface area contributed by atoms with Crippen molar-refractivity contribution in [2.75, 3.05) is 10.7 Å². The number of nitrogens with zero attached hydrogens (tertiary/aromatic N) is 1. The summed E-state index contributed by atoms with van der Waals surface area (Å²) in [7, 11) is 0. The molecule has 1 aliphatic heterocycles. The van der Waals surface area contributed by atoms with Gasteiger partial charge in [-0.05, 0) is 42.3 Å². The Morgan fingerprint density at radius 1 is 1.24 bits per heavy atom. The van der Waals surface area contributed by atoms with E-state index < -0.39 is 0 Å². The van der Waals surface area contributed by atoms with E-state index in [4.69, 9.17) is 11.6 Å². The average Bonchev–Trinajstić information content (AvgIpc) is 2.84. The molecule has 0 saturated carbocycles. The van der Waals surface area contributed by atoms with Crippen molar-refractivity contribution in [2.24, 2.45) is 0 Å². The van der Waals surface area contributed by atoms with Gasteiger partial charge in [-0.25, -0.2) is 4.39 Å². The lowest BCUT2D eigenvalue weighted by Crippen LogP contribution is -2.28. The zero-order valence-corrected chi connectivity index (χ0v) is 12.9. The lowest BCUT2D eigenvalue weighted by Gasteiger charge is -2.26. The fraction of sp³-hybridized carbons (Fsp3) is 0.188. The standard InChI is InChI=1S/C16H13ClFNOS/c1-10-2-7-13(18)8-14(10)19-15(20)9-21-16(19)11-3-5-12(17)6-4-11/h2-8,16H,9H2,1H3/t16-/m0/s1. The van der Waals surface area contributed by atoms with Gasteiger partial charge in [0.25, 0.3) is 0 Å². The van der Waals surface area contributed by atoms with Crippen molar-refractivity contribution in [3.8, 4) is 0 Å². The van der Waals surface area contributed by atoms with Crippen LogP contribution in [0.5, 0.6) is 0 Å². The molecule has 2 nitrogen and oxygen atoms in total. The second-order valence-electron chi connectivity index (χ2n) is 4.91. The summed E-state index contributed by atoms with van der Waals surface area (Å²) >= 11 is 7.45. The molecule has 21 heavy (non-hydrogen) atoms. The summed E-state index contributed by atoms with van der Waals surface area (Å²) in [5.74, 6) is 0.0484. The smallest absolute Gasteiger partial charge is 0.238 e. The molecule has 0 aromatic heterocycles. The van der Waals surface area contributed by atoms with E-state index in [-0.39, 0.29) is 17.1 Å². The monoisotopic (exact) mass is 321 g/mol. The van der Waals surface area contributed by atoms with E-state index in [0.717, 1.165) is 11.1 Å².